The Bertz CT molecular complexity index is 631. The van der Waals surface area contributed by atoms with Gasteiger partial charge in [-0.2, -0.15) is 5.10 Å². The fourth-order valence-corrected chi connectivity index (χ4v) is 4.19. The highest BCUT2D eigenvalue weighted by Crippen LogP contribution is 2.26. The molecule has 0 saturated heterocycles. The molecule has 1 aromatic heterocycles. The monoisotopic (exact) mass is 341 g/mol. The van der Waals surface area contributed by atoms with Crippen LogP contribution in [0.5, 0.6) is 0 Å². The number of anilines is 1. The molecule has 1 heterocycles. The van der Waals surface area contributed by atoms with Crippen LogP contribution in [0.4, 0.5) is 5.82 Å². The molecule has 1 aromatic rings. The summed E-state index contributed by atoms with van der Waals surface area (Å²) >= 11 is 0. The number of aromatic amines is 1. The molecule has 2 N–H and O–H groups in total. The van der Waals surface area contributed by atoms with Crippen molar-refractivity contribution in [1.82, 2.24) is 10.2 Å². The molecule has 1 atom stereocenters. The fraction of sp³-hybridized carbons (Fsp3) is 0.750. The zero-order valence-corrected chi connectivity index (χ0v) is 14.9. The van der Waals surface area contributed by atoms with Crippen LogP contribution in [0.15, 0.2) is 6.07 Å². The summed E-state index contributed by atoms with van der Waals surface area (Å²) in [4.78, 5) is 12.1. The number of nitrogens with zero attached hydrogens (tertiary/aromatic N) is 1. The number of rotatable bonds is 6. The smallest absolute Gasteiger partial charge is 0.243 e. The maximum absolute atomic E-state index is 12.1. The molecule has 1 saturated carbocycles. The first kappa shape index (κ1) is 18.0. The van der Waals surface area contributed by atoms with Gasteiger partial charge in [-0.1, -0.05) is 32.1 Å². The van der Waals surface area contributed by atoms with Crippen LogP contribution in [0.25, 0.3) is 0 Å². The molecule has 23 heavy (non-hydrogen) atoms. The Kier molecular flexibility index (Phi) is 5.84. The molecule has 0 aromatic carbocycles. The minimum absolute atomic E-state index is 0.395. The maximum atomic E-state index is 12.1. The van der Waals surface area contributed by atoms with Gasteiger partial charge in [-0.25, -0.2) is 8.42 Å². The number of aromatic nitrogens is 2. The van der Waals surface area contributed by atoms with Crippen LogP contribution in [-0.2, 0) is 21.1 Å². The van der Waals surface area contributed by atoms with E-state index in [0.29, 0.717) is 11.7 Å². The topological polar surface area (TPSA) is 91.9 Å². The largest absolute Gasteiger partial charge is 0.308 e. The van der Waals surface area contributed by atoms with E-state index in [-0.39, 0.29) is 0 Å². The van der Waals surface area contributed by atoms with Gasteiger partial charge in [-0.15, -0.1) is 0 Å². The molecule has 1 fully saturated rings. The van der Waals surface area contributed by atoms with E-state index < -0.39 is 26.2 Å². The number of amides is 1. The van der Waals surface area contributed by atoms with E-state index in [2.05, 4.69) is 15.5 Å². The third-order valence-electron chi connectivity index (χ3n) is 4.63. The number of hydrogen-bond acceptors (Lipinski definition) is 4. The summed E-state index contributed by atoms with van der Waals surface area (Å²) in [5.41, 5.74) is 0.992. The highest BCUT2D eigenvalue weighted by molar-refractivity contribution is 7.93. The molecule has 0 bridgehead atoms. The number of sulfone groups is 1. The lowest BCUT2D eigenvalue weighted by molar-refractivity contribution is -0.115. The molecule has 2 rings (SSSR count). The summed E-state index contributed by atoms with van der Waals surface area (Å²) in [5, 5.41) is 7.96. The van der Waals surface area contributed by atoms with Crippen molar-refractivity contribution in [2.75, 3.05) is 5.32 Å². The molecule has 1 aliphatic rings. The minimum atomic E-state index is -3.46. The Hall–Kier alpha value is -1.37. The fourth-order valence-electron chi connectivity index (χ4n) is 3.02. The molecular weight excluding hydrogens is 314 g/mol. The second-order valence-electron chi connectivity index (χ2n) is 6.76. The predicted molar refractivity (Wildman–Crippen MR) is 91.0 cm³/mol. The van der Waals surface area contributed by atoms with Crippen LogP contribution in [0.2, 0.25) is 0 Å². The Morgan fingerprint density at radius 2 is 1.96 bits per heavy atom. The summed E-state index contributed by atoms with van der Waals surface area (Å²) in [6, 6.07) is 1.81. The van der Waals surface area contributed by atoms with Gasteiger partial charge >= 0.3 is 0 Å². The van der Waals surface area contributed by atoms with Crippen LogP contribution in [-0.4, -0.2) is 35.0 Å². The molecule has 0 spiro atoms. The van der Waals surface area contributed by atoms with Crippen molar-refractivity contribution in [2.24, 2.45) is 5.92 Å². The van der Waals surface area contributed by atoms with Crippen LogP contribution in [0.3, 0.4) is 0 Å². The molecule has 0 unspecified atom stereocenters. The van der Waals surface area contributed by atoms with Gasteiger partial charge in [0.2, 0.25) is 5.91 Å². The van der Waals surface area contributed by atoms with Crippen LogP contribution >= 0.6 is 0 Å². The van der Waals surface area contributed by atoms with E-state index in [9.17, 15) is 13.2 Å². The molecule has 0 radical (unpaired) electrons. The second kappa shape index (κ2) is 7.47. The third-order valence-corrected chi connectivity index (χ3v) is 7.15. The zero-order valence-electron chi connectivity index (χ0n) is 14.1. The Morgan fingerprint density at radius 3 is 2.57 bits per heavy atom. The van der Waals surface area contributed by atoms with Gasteiger partial charge in [0.05, 0.1) is 5.25 Å². The average Bonchev–Trinajstić information content (AvgIpc) is 2.94. The van der Waals surface area contributed by atoms with Gasteiger partial charge in [-0.05, 0) is 33.1 Å². The van der Waals surface area contributed by atoms with Crippen LogP contribution < -0.4 is 5.32 Å². The minimum Gasteiger partial charge on any atom is -0.308 e. The van der Waals surface area contributed by atoms with E-state index in [1.165, 1.54) is 39.0 Å². The molecule has 7 heteroatoms. The number of nitrogens with one attached hydrogen (secondary N) is 2. The SMILES string of the molecule is CC(C)S(=O)(=O)[C@@H](C)C(=O)Nc1cc(CC2CCCCC2)[nH]n1. The molecular formula is C16H27N3O3S. The van der Waals surface area contributed by atoms with Gasteiger partial charge < -0.3 is 5.32 Å². The van der Waals surface area contributed by atoms with E-state index >= 15 is 0 Å². The average molecular weight is 341 g/mol. The lowest BCUT2D eigenvalue weighted by atomic mass is 9.86. The van der Waals surface area contributed by atoms with Gasteiger partial charge in [-0.3, -0.25) is 9.89 Å². The lowest BCUT2D eigenvalue weighted by Crippen LogP contribution is -2.36. The van der Waals surface area contributed by atoms with E-state index in [0.717, 1.165) is 12.1 Å². The molecule has 6 nitrogen and oxygen atoms in total. The van der Waals surface area contributed by atoms with Gasteiger partial charge in [0.1, 0.15) is 5.25 Å². The first-order valence-electron chi connectivity index (χ1n) is 8.38. The number of carbonyl (C=O) groups excluding carboxylic acids is 1. The first-order valence-corrected chi connectivity index (χ1v) is 9.99. The Balaban J connectivity index is 1.94. The first-order chi connectivity index (χ1) is 10.8. The van der Waals surface area contributed by atoms with Crippen molar-refractivity contribution < 1.29 is 13.2 Å². The van der Waals surface area contributed by atoms with E-state index in [1.807, 2.05) is 0 Å². The van der Waals surface area contributed by atoms with Crippen LogP contribution in [0, 0.1) is 5.92 Å². The highest BCUT2D eigenvalue weighted by atomic mass is 32.2. The number of hydrogen-bond donors (Lipinski definition) is 2. The normalized spacial score (nSPS) is 18.1. The zero-order chi connectivity index (χ0) is 17.0. The van der Waals surface area contributed by atoms with Crippen molar-refractivity contribution in [1.29, 1.82) is 0 Å². The number of carbonyl (C=O) groups is 1. The summed E-state index contributed by atoms with van der Waals surface area (Å²) < 4.78 is 24.1. The predicted octanol–water partition coefficient (Wildman–Crippen LogP) is 2.68. The van der Waals surface area contributed by atoms with E-state index in [4.69, 9.17) is 0 Å². The maximum Gasteiger partial charge on any atom is 0.243 e. The standard InChI is InChI=1S/C16H27N3O3S/c1-11(2)23(21,22)12(3)16(20)17-15-10-14(18-19-15)9-13-7-5-4-6-8-13/h10-13H,4-9H2,1-3H3,(H2,17,18,19,20)/t12-/m0/s1. The summed E-state index contributed by atoms with van der Waals surface area (Å²) in [7, 11) is -3.46. The van der Waals surface area contributed by atoms with Gasteiger partial charge in [0.15, 0.2) is 15.7 Å². The molecule has 130 valence electrons. The second-order valence-corrected chi connectivity index (χ2v) is 9.58. The summed E-state index contributed by atoms with van der Waals surface area (Å²) in [5.74, 6) is 0.536. The summed E-state index contributed by atoms with van der Waals surface area (Å²) in [6.45, 7) is 4.58. The van der Waals surface area contributed by atoms with Crippen molar-refractivity contribution in [2.45, 2.75) is 69.8 Å². The van der Waals surface area contributed by atoms with Gasteiger partial charge in [0, 0.05) is 11.8 Å². The van der Waals surface area contributed by atoms with E-state index in [1.54, 1.807) is 19.9 Å². The van der Waals surface area contributed by atoms with Crippen molar-refractivity contribution >= 4 is 21.6 Å². The molecule has 0 aliphatic heterocycles. The molecule has 1 aliphatic carbocycles. The van der Waals surface area contributed by atoms with Crippen molar-refractivity contribution in [3.05, 3.63) is 11.8 Å². The quantitative estimate of drug-likeness (QED) is 0.832. The van der Waals surface area contributed by atoms with Gasteiger partial charge in [0.25, 0.3) is 0 Å². The Morgan fingerprint density at radius 1 is 1.30 bits per heavy atom. The summed E-state index contributed by atoms with van der Waals surface area (Å²) in [6.07, 6.45) is 7.31. The Labute approximate surface area is 138 Å². The van der Waals surface area contributed by atoms with Crippen molar-refractivity contribution in [3.63, 3.8) is 0 Å². The van der Waals surface area contributed by atoms with Crippen LogP contribution in [0.1, 0.15) is 58.6 Å². The third kappa shape index (κ3) is 4.56. The van der Waals surface area contributed by atoms with Crippen molar-refractivity contribution in [3.8, 4) is 0 Å². The number of H-pyrrole nitrogens is 1. The molecule has 1 amide bonds. The lowest BCUT2D eigenvalue weighted by Gasteiger charge is -2.20. The highest BCUT2D eigenvalue weighted by Gasteiger charge is 2.31.